The summed E-state index contributed by atoms with van der Waals surface area (Å²) in [5, 5.41) is 11.1. The van der Waals surface area contributed by atoms with E-state index in [1.807, 2.05) is 18.2 Å². The van der Waals surface area contributed by atoms with Crippen molar-refractivity contribution in [3.05, 3.63) is 74.8 Å². The van der Waals surface area contributed by atoms with E-state index in [-0.39, 0.29) is 22.2 Å². The van der Waals surface area contributed by atoms with Crippen LogP contribution in [-0.2, 0) is 0 Å². The SMILES string of the molecule is O=C(c1cc([N+](=O)[O-])ccc1Cl)N1CCC(c2ccccc2)CC1. The van der Waals surface area contributed by atoms with Gasteiger partial charge in [-0.25, -0.2) is 0 Å². The number of piperidine rings is 1. The van der Waals surface area contributed by atoms with E-state index in [0.29, 0.717) is 19.0 Å². The summed E-state index contributed by atoms with van der Waals surface area (Å²) in [6.07, 6.45) is 1.75. The molecule has 2 aromatic rings. The largest absolute Gasteiger partial charge is 0.339 e. The number of halogens is 1. The van der Waals surface area contributed by atoms with E-state index in [1.54, 1.807) is 4.90 Å². The second kappa shape index (κ2) is 7.01. The van der Waals surface area contributed by atoms with Gasteiger partial charge in [0.2, 0.25) is 0 Å². The third-order valence-electron chi connectivity index (χ3n) is 4.44. The molecule has 1 heterocycles. The molecule has 124 valence electrons. The summed E-state index contributed by atoms with van der Waals surface area (Å²) in [7, 11) is 0. The van der Waals surface area contributed by atoms with Gasteiger partial charge in [-0.2, -0.15) is 0 Å². The number of carbonyl (C=O) groups is 1. The van der Waals surface area contributed by atoms with Gasteiger partial charge >= 0.3 is 0 Å². The van der Waals surface area contributed by atoms with Crippen LogP contribution in [0.15, 0.2) is 48.5 Å². The molecule has 24 heavy (non-hydrogen) atoms. The number of non-ortho nitro benzene ring substituents is 1. The first-order valence-corrected chi connectivity index (χ1v) is 8.22. The van der Waals surface area contributed by atoms with E-state index in [1.165, 1.54) is 23.8 Å². The lowest BCUT2D eigenvalue weighted by atomic mass is 9.89. The Hall–Kier alpha value is -2.40. The van der Waals surface area contributed by atoms with Crippen molar-refractivity contribution < 1.29 is 9.72 Å². The van der Waals surface area contributed by atoms with Gasteiger partial charge in [0.25, 0.3) is 11.6 Å². The second-order valence-electron chi connectivity index (χ2n) is 5.90. The summed E-state index contributed by atoms with van der Waals surface area (Å²) >= 11 is 6.07. The molecule has 0 saturated carbocycles. The molecule has 0 aromatic heterocycles. The number of rotatable bonds is 3. The van der Waals surface area contributed by atoms with Crippen molar-refractivity contribution in [2.45, 2.75) is 18.8 Å². The van der Waals surface area contributed by atoms with Gasteiger partial charge < -0.3 is 4.90 Å². The predicted molar refractivity (Wildman–Crippen MR) is 92.4 cm³/mol. The van der Waals surface area contributed by atoms with Crippen molar-refractivity contribution in [2.24, 2.45) is 0 Å². The monoisotopic (exact) mass is 344 g/mol. The van der Waals surface area contributed by atoms with Gasteiger partial charge in [0.1, 0.15) is 0 Å². The topological polar surface area (TPSA) is 63.4 Å². The molecule has 0 radical (unpaired) electrons. The lowest BCUT2D eigenvalue weighted by Gasteiger charge is -2.32. The average molecular weight is 345 g/mol. The molecule has 1 amide bonds. The Morgan fingerprint density at radius 3 is 2.42 bits per heavy atom. The first kappa shape index (κ1) is 16.5. The van der Waals surface area contributed by atoms with Crippen LogP contribution < -0.4 is 0 Å². The lowest BCUT2D eigenvalue weighted by Crippen LogP contribution is -2.38. The fourth-order valence-corrected chi connectivity index (χ4v) is 3.30. The van der Waals surface area contributed by atoms with E-state index in [9.17, 15) is 14.9 Å². The highest BCUT2D eigenvalue weighted by atomic mass is 35.5. The smallest absolute Gasteiger partial charge is 0.270 e. The number of benzene rings is 2. The van der Waals surface area contributed by atoms with Crippen LogP contribution in [0.1, 0.15) is 34.7 Å². The van der Waals surface area contributed by atoms with Gasteiger partial charge in [-0.1, -0.05) is 41.9 Å². The lowest BCUT2D eigenvalue weighted by molar-refractivity contribution is -0.384. The Morgan fingerprint density at radius 1 is 1.12 bits per heavy atom. The maximum atomic E-state index is 12.7. The Labute approximate surface area is 145 Å². The quantitative estimate of drug-likeness (QED) is 0.617. The summed E-state index contributed by atoms with van der Waals surface area (Å²) in [6, 6.07) is 14.2. The van der Waals surface area contributed by atoms with Crippen molar-refractivity contribution in [3.63, 3.8) is 0 Å². The number of hydrogen-bond acceptors (Lipinski definition) is 3. The number of hydrogen-bond donors (Lipinski definition) is 0. The number of nitrogens with zero attached hydrogens (tertiary/aromatic N) is 2. The van der Waals surface area contributed by atoms with Crippen molar-refractivity contribution in [1.82, 2.24) is 4.90 Å². The molecule has 1 saturated heterocycles. The molecule has 5 nitrogen and oxygen atoms in total. The van der Waals surface area contributed by atoms with E-state index in [4.69, 9.17) is 11.6 Å². The molecular weight excluding hydrogens is 328 g/mol. The van der Waals surface area contributed by atoms with Crippen molar-refractivity contribution >= 4 is 23.2 Å². The Kier molecular flexibility index (Phi) is 4.81. The van der Waals surface area contributed by atoms with E-state index in [0.717, 1.165) is 12.8 Å². The third-order valence-corrected chi connectivity index (χ3v) is 4.77. The minimum absolute atomic E-state index is 0.123. The average Bonchev–Trinajstić information content (AvgIpc) is 2.62. The predicted octanol–water partition coefficient (Wildman–Crippen LogP) is 4.27. The van der Waals surface area contributed by atoms with Crippen LogP contribution in [-0.4, -0.2) is 28.8 Å². The van der Waals surface area contributed by atoms with Gasteiger partial charge in [0, 0.05) is 25.2 Å². The van der Waals surface area contributed by atoms with E-state index >= 15 is 0 Å². The van der Waals surface area contributed by atoms with Crippen LogP contribution in [0.3, 0.4) is 0 Å². The van der Waals surface area contributed by atoms with Crippen LogP contribution in [0, 0.1) is 10.1 Å². The van der Waals surface area contributed by atoms with Crippen LogP contribution in [0.2, 0.25) is 5.02 Å². The molecule has 0 unspecified atom stereocenters. The Balaban J connectivity index is 1.71. The van der Waals surface area contributed by atoms with E-state index < -0.39 is 4.92 Å². The Morgan fingerprint density at radius 2 is 1.79 bits per heavy atom. The first-order chi connectivity index (χ1) is 11.6. The highest BCUT2D eigenvalue weighted by Gasteiger charge is 2.26. The summed E-state index contributed by atoms with van der Waals surface area (Å²) in [4.78, 5) is 24.8. The van der Waals surface area contributed by atoms with Crippen LogP contribution >= 0.6 is 11.6 Å². The number of amides is 1. The highest BCUT2D eigenvalue weighted by molar-refractivity contribution is 6.33. The second-order valence-corrected chi connectivity index (χ2v) is 6.31. The Bertz CT molecular complexity index is 756. The molecule has 2 aromatic carbocycles. The van der Waals surface area contributed by atoms with Crippen LogP contribution in [0.25, 0.3) is 0 Å². The summed E-state index contributed by atoms with van der Waals surface area (Å²) in [6.45, 7) is 1.24. The number of carbonyl (C=O) groups excluding carboxylic acids is 1. The zero-order valence-corrected chi connectivity index (χ0v) is 13.8. The van der Waals surface area contributed by atoms with E-state index in [2.05, 4.69) is 12.1 Å². The molecular formula is C18H17ClN2O3. The molecule has 1 aliphatic heterocycles. The summed E-state index contributed by atoms with van der Waals surface area (Å²) < 4.78 is 0. The van der Waals surface area contributed by atoms with Crippen LogP contribution in [0.5, 0.6) is 0 Å². The van der Waals surface area contributed by atoms with Gasteiger partial charge in [0.05, 0.1) is 15.5 Å². The van der Waals surface area contributed by atoms with Crippen molar-refractivity contribution in [2.75, 3.05) is 13.1 Å². The molecule has 1 aliphatic rings. The standard InChI is InChI=1S/C18H17ClN2O3/c19-17-7-6-15(21(23)24)12-16(17)18(22)20-10-8-14(9-11-20)13-4-2-1-3-5-13/h1-7,12,14H,8-11H2. The normalized spacial score (nSPS) is 15.3. The molecule has 0 atom stereocenters. The van der Waals surface area contributed by atoms with Crippen molar-refractivity contribution in [3.8, 4) is 0 Å². The summed E-state index contributed by atoms with van der Waals surface area (Å²) in [5.74, 6) is 0.200. The number of nitro benzene ring substituents is 1. The molecule has 0 spiro atoms. The first-order valence-electron chi connectivity index (χ1n) is 7.84. The van der Waals surface area contributed by atoms with Gasteiger partial charge in [0.15, 0.2) is 0 Å². The maximum absolute atomic E-state index is 12.7. The molecule has 3 rings (SSSR count). The summed E-state index contributed by atoms with van der Waals surface area (Å²) in [5.41, 5.74) is 1.36. The third kappa shape index (κ3) is 3.41. The number of likely N-dealkylation sites (tertiary alicyclic amines) is 1. The minimum atomic E-state index is -0.519. The van der Waals surface area contributed by atoms with Crippen LogP contribution in [0.4, 0.5) is 5.69 Å². The van der Waals surface area contributed by atoms with Gasteiger partial charge in [-0.3, -0.25) is 14.9 Å². The zero-order valence-electron chi connectivity index (χ0n) is 13.0. The van der Waals surface area contributed by atoms with Gasteiger partial charge in [-0.05, 0) is 30.4 Å². The molecule has 6 heteroatoms. The fraction of sp³-hybridized carbons (Fsp3) is 0.278. The minimum Gasteiger partial charge on any atom is -0.339 e. The number of nitro groups is 1. The van der Waals surface area contributed by atoms with Crippen molar-refractivity contribution in [1.29, 1.82) is 0 Å². The molecule has 0 bridgehead atoms. The zero-order chi connectivity index (χ0) is 17.1. The molecule has 1 fully saturated rings. The molecule has 0 aliphatic carbocycles. The van der Waals surface area contributed by atoms with Gasteiger partial charge in [-0.15, -0.1) is 0 Å². The molecule has 0 N–H and O–H groups in total. The highest BCUT2D eigenvalue weighted by Crippen LogP contribution is 2.30. The fourth-order valence-electron chi connectivity index (χ4n) is 3.10. The maximum Gasteiger partial charge on any atom is 0.270 e.